The number of carbonyl (C=O) groups is 1. The molecule has 0 saturated carbocycles. The van der Waals surface area contributed by atoms with Gasteiger partial charge in [0.2, 0.25) is 11.9 Å². The molecule has 12 heteroatoms. The van der Waals surface area contributed by atoms with Gasteiger partial charge >= 0.3 is 5.69 Å². The highest BCUT2D eigenvalue weighted by Gasteiger charge is 2.27. The number of nitrogens with zero attached hydrogens (tertiary/aromatic N) is 5. The standard InChI is InChI=1S/C21H23N7O3S2/c1-26-17-15(18(30)25-20(26)31)28(19(24-17)27-8-6-12(7-9-27)16(22)29)10-11-32-21-23-13-4-2-3-5-14(13)33-21/h2-5,12H,6-11H2,1H3,(H2,22,29)(H,25,30,31). The number of para-hydroxylation sites is 1. The maximum absolute atomic E-state index is 12.7. The number of primary amides is 1. The Morgan fingerprint density at radius 2 is 2.00 bits per heavy atom. The van der Waals surface area contributed by atoms with Crippen LogP contribution in [0.1, 0.15) is 12.8 Å². The lowest BCUT2D eigenvalue weighted by molar-refractivity contribution is -0.122. The zero-order valence-corrected chi connectivity index (χ0v) is 19.6. The second-order valence-corrected chi connectivity index (χ2v) is 10.4. The number of aromatic amines is 1. The summed E-state index contributed by atoms with van der Waals surface area (Å²) in [5.41, 5.74) is 6.22. The lowest BCUT2D eigenvalue weighted by Gasteiger charge is -2.31. The van der Waals surface area contributed by atoms with Gasteiger partial charge in [-0.15, -0.1) is 11.3 Å². The van der Waals surface area contributed by atoms with Gasteiger partial charge in [0.25, 0.3) is 5.56 Å². The lowest BCUT2D eigenvalue weighted by atomic mass is 9.96. The van der Waals surface area contributed by atoms with Crippen molar-refractivity contribution in [2.75, 3.05) is 23.7 Å². The third kappa shape index (κ3) is 4.04. The molecule has 1 amide bonds. The van der Waals surface area contributed by atoms with E-state index in [-0.39, 0.29) is 11.8 Å². The van der Waals surface area contributed by atoms with Crippen LogP contribution in [0.5, 0.6) is 0 Å². The molecule has 3 N–H and O–H groups in total. The van der Waals surface area contributed by atoms with Gasteiger partial charge in [0.15, 0.2) is 15.5 Å². The summed E-state index contributed by atoms with van der Waals surface area (Å²) >= 11 is 3.26. The molecule has 33 heavy (non-hydrogen) atoms. The summed E-state index contributed by atoms with van der Waals surface area (Å²) in [7, 11) is 1.59. The van der Waals surface area contributed by atoms with Crippen molar-refractivity contribution in [2.45, 2.75) is 23.7 Å². The average Bonchev–Trinajstić information content (AvgIpc) is 3.39. The van der Waals surface area contributed by atoms with Crippen LogP contribution in [0.25, 0.3) is 21.4 Å². The number of nitrogens with one attached hydrogen (secondary N) is 1. The van der Waals surface area contributed by atoms with Gasteiger partial charge in [0.1, 0.15) is 0 Å². The average molecular weight is 486 g/mol. The van der Waals surface area contributed by atoms with Crippen molar-refractivity contribution >= 4 is 56.3 Å². The number of thioether (sulfide) groups is 1. The summed E-state index contributed by atoms with van der Waals surface area (Å²) in [6.07, 6.45) is 1.27. The minimum Gasteiger partial charge on any atom is -0.369 e. The number of rotatable bonds is 6. The fraction of sp³-hybridized carbons (Fsp3) is 0.381. The third-order valence-electron chi connectivity index (χ3n) is 5.98. The van der Waals surface area contributed by atoms with Crippen molar-refractivity contribution in [1.29, 1.82) is 0 Å². The van der Waals surface area contributed by atoms with Gasteiger partial charge < -0.3 is 15.2 Å². The van der Waals surface area contributed by atoms with Crippen molar-refractivity contribution in [3.8, 4) is 0 Å². The van der Waals surface area contributed by atoms with Crippen molar-refractivity contribution in [1.82, 2.24) is 24.1 Å². The summed E-state index contributed by atoms with van der Waals surface area (Å²) in [5, 5.41) is 0. The molecule has 0 radical (unpaired) electrons. The van der Waals surface area contributed by atoms with E-state index in [0.29, 0.717) is 55.3 Å². The molecule has 1 aliphatic heterocycles. The first-order valence-corrected chi connectivity index (χ1v) is 12.4. The molecule has 0 aliphatic carbocycles. The van der Waals surface area contributed by atoms with E-state index in [2.05, 4.69) is 19.9 Å². The Hall–Kier alpha value is -3.12. The van der Waals surface area contributed by atoms with Crippen LogP contribution in [0.2, 0.25) is 0 Å². The van der Waals surface area contributed by atoms with Gasteiger partial charge in [-0.25, -0.2) is 9.78 Å². The summed E-state index contributed by atoms with van der Waals surface area (Å²) in [4.78, 5) is 50.2. The number of aromatic nitrogens is 5. The first-order valence-electron chi connectivity index (χ1n) is 10.6. The first kappa shape index (κ1) is 21.7. The van der Waals surface area contributed by atoms with Crippen LogP contribution in [0, 0.1) is 5.92 Å². The number of amides is 1. The Kier molecular flexibility index (Phi) is 5.71. The molecule has 1 fully saturated rings. The molecule has 3 aromatic heterocycles. The van der Waals surface area contributed by atoms with Gasteiger partial charge in [-0.3, -0.25) is 19.1 Å². The molecule has 0 unspecified atom stereocenters. The Labute approximate surface area is 196 Å². The highest BCUT2D eigenvalue weighted by Crippen LogP contribution is 2.30. The minimum absolute atomic E-state index is 0.151. The maximum atomic E-state index is 12.7. The third-order valence-corrected chi connectivity index (χ3v) is 8.14. The molecule has 10 nitrogen and oxygen atoms in total. The number of imidazole rings is 1. The van der Waals surface area contributed by atoms with Crippen LogP contribution in [0.3, 0.4) is 0 Å². The van der Waals surface area contributed by atoms with Gasteiger partial charge in [-0.1, -0.05) is 23.9 Å². The second-order valence-electron chi connectivity index (χ2n) is 8.01. The molecule has 4 heterocycles. The SMILES string of the molecule is Cn1c(=O)[nH]c(=O)c2c1nc(N1CCC(C(N)=O)CC1)n2CCSc1nc2ccccc2s1. The molecule has 0 bridgehead atoms. The molecule has 5 rings (SSSR count). The number of carbonyl (C=O) groups excluding carboxylic acids is 1. The molecule has 1 aliphatic rings. The largest absolute Gasteiger partial charge is 0.369 e. The molecule has 1 aromatic carbocycles. The van der Waals surface area contributed by atoms with E-state index < -0.39 is 11.2 Å². The monoisotopic (exact) mass is 485 g/mol. The highest BCUT2D eigenvalue weighted by molar-refractivity contribution is 8.01. The number of hydrogen-bond donors (Lipinski definition) is 2. The van der Waals surface area contributed by atoms with Crippen LogP contribution in [-0.2, 0) is 18.4 Å². The predicted molar refractivity (Wildman–Crippen MR) is 130 cm³/mol. The first-order chi connectivity index (χ1) is 15.9. The number of anilines is 1. The predicted octanol–water partition coefficient (Wildman–Crippen LogP) is 1.53. The van der Waals surface area contributed by atoms with Crippen LogP contribution in [0.4, 0.5) is 5.95 Å². The van der Waals surface area contributed by atoms with Crippen molar-refractivity contribution in [3.05, 3.63) is 45.1 Å². The Morgan fingerprint density at radius 1 is 1.24 bits per heavy atom. The number of fused-ring (bicyclic) bond motifs is 2. The summed E-state index contributed by atoms with van der Waals surface area (Å²) in [6.45, 7) is 1.73. The van der Waals surface area contributed by atoms with E-state index >= 15 is 0 Å². The summed E-state index contributed by atoms with van der Waals surface area (Å²) in [6, 6.07) is 8.01. The van der Waals surface area contributed by atoms with Crippen LogP contribution >= 0.6 is 23.1 Å². The number of thiazole rings is 1. The number of hydrogen-bond acceptors (Lipinski definition) is 8. The van der Waals surface area contributed by atoms with Crippen molar-refractivity contribution in [2.24, 2.45) is 18.7 Å². The van der Waals surface area contributed by atoms with Crippen LogP contribution in [-0.4, -0.2) is 48.8 Å². The summed E-state index contributed by atoms with van der Waals surface area (Å²) < 4.78 is 5.33. The van der Waals surface area contributed by atoms with E-state index in [4.69, 9.17) is 5.73 Å². The van der Waals surface area contributed by atoms with Crippen LogP contribution < -0.4 is 21.9 Å². The number of aryl methyl sites for hydroxylation is 2. The van der Waals surface area contributed by atoms with Gasteiger partial charge in [-0.05, 0) is 25.0 Å². The Bertz CT molecular complexity index is 1430. The van der Waals surface area contributed by atoms with Crippen LogP contribution in [0.15, 0.2) is 38.2 Å². The lowest BCUT2D eigenvalue weighted by Crippen LogP contribution is -2.39. The fourth-order valence-corrected chi connectivity index (χ4v) is 6.24. The van der Waals surface area contributed by atoms with Crippen molar-refractivity contribution < 1.29 is 4.79 Å². The van der Waals surface area contributed by atoms with Gasteiger partial charge in [-0.2, -0.15) is 4.98 Å². The number of piperidine rings is 1. The highest BCUT2D eigenvalue weighted by atomic mass is 32.2. The molecule has 172 valence electrons. The maximum Gasteiger partial charge on any atom is 0.329 e. The summed E-state index contributed by atoms with van der Waals surface area (Å²) in [5.74, 6) is 0.873. The zero-order valence-electron chi connectivity index (χ0n) is 18.0. The molecule has 1 saturated heterocycles. The fourth-order valence-electron chi connectivity index (χ4n) is 4.18. The zero-order chi connectivity index (χ0) is 23.1. The van der Waals surface area contributed by atoms with Gasteiger partial charge in [0, 0.05) is 38.4 Å². The van der Waals surface area contributed by atoms with Crippen molar-refractivity contribution in [3.63, 3.8) is 0 Å². The van der Waals surface area contributed by atoms with E-state index in [0.717, 1.165) is 14.6 Å². The van der Waals surface area contributed by atoms with E-state index in [1.807, 2.05) is 28.8 Å². The topological polar surface area (TPSA) is 132 Å². The van der Waals surface area contributed by atoms with E-state index in [1.54, 1.807) is 30.1 Å². The quantitative estimate of drug-likeness (QED) is 0.396. The molecule has 0 spiro atoms. The molecular formula is C21H23N7O3S2. The molecule has 0 atom stereocenters. The Morgan fingerprint density at radius 3 is 2.73 bits per heavy atom. The smallest absolute Gasteiger partial charge is 0.329 e. The molecular weight excluding hydrogens is 462 g/mol. The van der Waals surface area contributed by atoms with E-state index in [9.17, 15) is 14.4 Å². The molecule has 4 aromatic rings. The van der Waals surface area contributed by atoms with Gasteiger partial charge in [0.05, 0.1) is 10.2 Å². The number of nitrogens with two attached hydrogens (primary N) is 1. The minimum atomic E-state index is -0.500. The van der Waals surface area contributed by atoms with E-state index in [1.165, 1.54) is 4.57 Å². The number of H-pyrrole nitrogens is 1. The number of benzene rings is 1. The Balaban J connectivity index is 1.45. The second kappa shape index (κ2) is 8.67. The normalized spacial score (nSPS) is 15.0.